The van der Waals surface area contributed by atoms with Gasteiger partial charge in [0.05, 0.1) is 16.8 Å². The van der Waals surface area contributed by atoms with Crippen LogP contribution in [0, 0.1) is 0 Å². The second kappa shape index (κ2) is 14.6. The van der Waals surface area contributed by atoms with Gasteiger partial charge in [0.25, 0.3) is 0 Å². The maximum absolute atomic E-state index is 5.22. The lowest BCUT2D eigenvalue weighted by Gasteiger charge is -2.45. The van der Waals surface area contributed by atoms with Crippen LogP contribution in [-0.2, 0) is 5.41 Å². The van der Waals surface area contributed by atoms with E-state index in [9.17, 15) is 0 Å². The number of anilines is 3. The fourth-order valence-corrected chi connectivity index (χ4v) is 10.1. The second-order valence-electron chi connectivity index (χ2n) is 16.1. The number of nitrogens with one attached hydrogen (secondary N) is 1. The summed E-state index contributed by atoms with van der Waals surface area (Å²) in [6, 6.07) is 83.0. The summed E-state index contributed by atoms with van der Waals surface area (Å²) in [6.45, 7) is 0. The van der Waals surface area contributed by atoms with Crippen molar-refractivity contribution in [2.24, 2.45) is 9.98 Å². The predicted molar refractivity (Wildman–Crippen MR) is 255 cm³/mol. The number of amidine groups is 2. The zero-order valence-corrected chi connectivity index (χ0v) is 33.9. The standard InChI is InChI=1S/C58H40N4/c1-4-20-39(21-5-1)55-59-56(40-22-6-2-7-23-40)61-57(60-55)47-30-13-12-28-45(47)44-27-11-10-26-43(44)41-36-37-50-48(38-41)46-29-14-15-31-49(46)58(50)51-32-16-18-34-53(51)62(42-24-8-3-9-25-42)54-35-19-17-33-52(54)58/h1-38,55H,(H,59,60,61). The fourth-order valence-electron chi connectivity index (χ4n) is 10.1. The average molecular weight is 793 g/mol. The van der Waals surface area contributed by atoms with Crippen molar-refractivity contribution < 1.29 is 0 Å². The molecule has 0 radical (unpaired) electrons. The third-order valence-corrected chi connectivity index (χ3v) is 12.8. The van der Waals surface area contributed by atoms with Crippen molar-refractivity contribution in [3.63, 3.8) is 0 Å². The lowest BCUT2D eigenvalue weighted by atomic mass is 9.64. The molecule has 4 nitrogen and oxygen atoms in total. The van der Waals surface area contributed by atoms with E-state index in [0.717, 1.165) is 50.5 Å². The minimum atomic E-state index is -0.507. The summed E-state index contributed by atoms with van der Waals surface area (Å²) in [5, 5.41) is 3.72. The number of rotatable bonds is 6. The molecule has 0 aromatic heterocycles. The first-order valence-electron chi connectivity index (χ1n) is 21.3. The molecule has 0 fully saturated rings. The molecule has 2 heterocycles. The van der Waals surface area contributed by atoms with E-state index in [1.54, 1.807) is 0 Å². The minimum absolute atomic E-state index is 0.291. The molecule has 12 rings (SSSR count). The molecule has 62 heavy (non-hydrogen) atoms. The van der Waals surface area contributed by atoms with E-state index in [1.807, 2.05) is 24.3 Å². The summed E-state index contributed by atoms with van der Waals surface area (Å²) in [5.41, 5.74) is 18.4. The Balaban J connectivity index is 1.02. The van der Waals surface area contributed by atoms with E-state index >= 15 is 0 Å². The summed E-state index contributed by atoms with van der Waals surface area (Å²) in [6.07, 6.45) is -0.291. The van der Waals surface area contributed by atoms with Crippen LogP contribution in [0.15, 0.2) is 241 Å². The molecule has 0 amide bonds. The van der Waals surface area contributed by atoms with E-state index < -0.39 is 5.41 Å². The summed E-state index contributed by atoms with van der Waals surface area (Å²) >= 11 is 0. The third-order valence-electron chi connectivity index (χ3n) is 12.8. The van der Waals surface area contributed by atoms with Crippen LogP contribution >= 0.6 is 0 Å². The number of benzene rings is 9. The molecule has 1 N–H and O–H groups in total. The molecule has 1 aliphatic carbocycles. The number of hydrogen-bond acceptors (Lipinski definition) is 4. The fraction of sp³-hybridized carbons (Fsp3) is 0.0345. The maximum Gasteiger partial charge on any atom is 0.159 e. The van der Waals surface area contributed by atoms with Crippen molar-refractivity contribution in [1.29, 1.82) is 0 Å². The Kier molecular flexibility index (Phi) is 8.42. The Bertz CT molecular complexity index is 3180. The van der Waals surface area contributed by atoms with E-state index in [2.05, 4.69) is 216 Å². The lowest BCUT2D eigenvalue weighted by molar-refractivity contribution is 0.674. The van der Waals surface area contributed by atoms with Crippen LogP contribution in [0.4, 0.5) is 17.1 Å². The molecule has 0 saturated carbocycles. The van der Waals surface area contributed by atoms with Gasteiger partial charge in [-0.1, -0.05) is 200 Å². The molecule has 9 aromatic carbocycles. The van der Waals surface area contributed by atoms with Crippen molar-refractivity contribution in [2.75, 3.05) is 4.90 Å². The highest BCUT2D eigenvalue weighted by molar-refractivity contribution is 6.15. The molecule has 2 aliphatic heterocycles. The van der Waals surface area contributed by atoms with Gasteiger partial charge >= 0.3 is 0 Å². The van der Waals surface area contributed by atoms with Gasteiger partial charge in [0.1, 0.15) is 12.0 Å². The van der Waals surface area contributed by atoms with Crippen molar-refractivity contribution in [2.45, 2.75) is 11.6 Å². The van der Waals surface area contributed by atoms with Gasteiger partial charge in [-0.25, -0.2) is 9.98 Å². The van der Waals surface area contributed by atoms with E-state index in [4.69, 9.17) is 9.98 Å². The third kappa shape index (κ3) is 5.54. The van der Waals surface area contributed by atoms with Gasteiger partial charge in [-0.3, -0.25) is 0 Å². The molecule has 1 atom stereocenters. The Hall–Kier alpha value is -8.08. The highest BCUT2D eigenvalue weighted by atomic mass is 15.2. The van der Waals surface area contributed by atoms with Crippen molar-refractivity contribution in [3.8, 4) is 33.4 Å². The first-order valence-corrected chi connectivity index (χ1v) is 21.3. The second-order valence-corrected chi connectivity index (χ2v) is 16.1. The molecule has 1 unspecified atom stereocenters. The molecule has 0 saturated heterocycles. The largest absolute Gasteiger partial charge is 0.344 e. The topological polar surface area (TPSA) is 40.0 Å². The van der Waals surface area contributed by atoms with Gasteiger partial charge in [0.15, 0.2) is 5.84 Å². The van der Waals surface area contributed by atoms with Crippen LogP contribution < -0.4 is 10.2 Å². The number of para-hydroxylation sites is 3. The summed E-state index contributed by atoms with van der Waals surface area (Å²) < 4.78 is 0. The molecular weight excluding hydrogens is 753 g/mol. The number of fused-ring (bicyclic) bond motifs is 9. The van der Waals surface area contributed by atoms with Gasteiger partial charge in [-0.2, -0.15) is 0 Å². The number of nitrogens with zero attached hydrogens (tertiary/aromatic N) is 3. The zero-order chi connectivity index (χ0) is 41.0. The quantitative estimate of drug-likeness (QED) is 0.182. The van der Waals surface area contributed by atoms with E-state index in [-0.39, 0.29) is 6.17 Å². The molecule has 3 aliphatic rings. The maximum atomic E-state index is 5.22. The lowest BCUT2D eigenvalue weighted by Crippen LogP contribution is -2.36. The molecule has 0 bridgehead atoms. The van der Waals surface area contributed by atoms with Gasteiger partial charge in [0, 0.05) is 16.8 Å². The van der Waals surface area contributed by atoms with Gasteiger partial charge < -0.3 is 10.2 Å². The van der Waals surface area contributed by atoms with E-state index in [0.29, 0.717) is 5.84 Å². The van der Waals surface area contributed by atoms with Crippen LogP contribution in [0.1, 0.15) is 45.1 Å². The van der Waals surface area contributed by atoms with Crippen molar-refractivity contribution >= 4 is 28.7 Å². The summed E-state index contributed by atoms with van der Waals surface area (Å²) in [4.78, 5) is 12.8. The smallest absolute Gasteiger partial charge is 0.159 e. The van der Waals surface area contributed by atoms with Crippen LogP contribution in [0.25, 0.3) is 33.4 Å². The molecule has 9 aromatic rings. The van der Waals surface area contributed by atoms with Crippen LogP contribution in [0.2, 0.25) is 0 Å². The van der Waals surface area contributed by atoms with Gasteiger partial charge in [-0.05, 0) is 91.5 Å². The number of aliphatic imine (C=N–C) groups is 2. The van der Waals surface area contributed by atoms with Crippen molar-refractivity contribution in [3.05, 3.63) is 269 Å². The first kappa shape index (κ1) is 35.8. The predicted octanol–water partition coefficient (Wildman–Crippen LogP) is 13.7. The Morgan fingerprint density at radius 3 is 1.56 bits per heavy atom. The van der Waals surface area contributed by atoms with Crippen LogP contribution in [0.3, 0.4) is 0 Å². The zero-order valence-electron chi connectivity index (χ0n) is 33.9. The van der Waals surface area contributed by atoms with Crippen LogP contribution in [-0.4, -0.2) is 11.7 Å². The Morgan fingerprint density at radius 1 is 0.387 bits per heavy atom. The number of hydrogen-bond donors (Lipinski definition) is 1. The van der Waals surface area contributed by atoms with Crippen LogP contribution in [0.5, 0.6) is 0 Å². The molecule has 4 heteroatoms. The normalized spacial score (nSPS) is 15.4. The molecule has 292 valence electrons. The van der Waals surface area contributed by atoms with Crippen molar-refractivity contribution in [1.82, 2.24) is 5.32 Å². The highest BCUT2D eigenvalue weighted by Gasteiger charge is 2.51. The minimum Gasteiger partial charge on any atom is -0.344 e. The first-order chi connectivity index (χ1) is 30.8. The monoisotopic (exact) mass is 792 g/mol. The Labute approximate surface area is 361 Å². The van der Waals surface area contributed by atoms with Gasteiger partial charge in [-0.15, -0.1) is 0 Å². The Morgan fingerprint density at radius 2 is 0.887 bits per heavy atom. The van der Waals surface area contributed by atoms with Gasteiger partial charge in [0.2, 0.25) is 0 Å². The molecular formula is C58H40N4. The SMILES string of the molecule is c1ccc(C2=NC(c3ccccc3)NC(c3ccccc3-c3ccccc3-c3ccc4c(c3)-c3ccccc3C43c4ccccc4N(c4ccccc4)c4ccccc43)=N2)cc1. The summed E-state index contributed by atoms with van der Waals surface area (Å²) in [5.74, 6) is 1.50. The van der Waals surface area contributed by atoms with E-state index in [1.165, 1.54) is 44.8 Å². The highest BCUT2D eigenvalue weighted by Crippen LogP contribution is 2.63. The molecule has 1 spiro atoms. The summed E-state index contributed by atoms with van der Waals surface area (Å²) in [7, 11) is 0. The average Bonchev–Trinajstić information content (AvgIpc) is 3.65.